The Morgan fingerprint density at radius 2 is 1.16 bits per heavy atom. The molecule has 32 heavy (non-hydrogen) atoms. The average molecular weight is 413 g/mol. The fraction of sp³-hybridized carbons (Fsp3) is 0.0345. The van der Waals surface area contributed by atoms with Crippen molar-refractivity contribution in [3.8, 4) is 22.3 Å². The summed E-state index contributed by atoms with van der Waals surface area (Å²) < 4.78 is 0. The number of carbonyl (C=O) groups is 2. The minimum Gasteiger partial charge on any atom is -0.277 e. The highest BCUT2D eigenvalue weighted by Crippen LogP contribution is 2.37. The molecule has 3 nitrogen and oxygen atoms in total. The molecule has 0 radical (unpaired) electrons. The summed E-state index contributed by atoms with van der Waals surface area (Å²) in [6, 6.07) is 32.8. The molecule has 0 atom stereocenters. The van der Waals surface area contributed by atoms with E-state index < -0.39 is 0 Å². The molecular formula is C29H19NO2. The highest BCUT2D eigenvalue weighted by molar-refractivity contribution is 6.26. The Hall–Kier alpha value is -4.24. The predicted octanol–water partition coefficient (Wildman–Crippen LogP) is 6.55. The lowest BCUT2D eigenvalue weighted by atomic mass is 9.88. The van der Waals surface area contributed by atoms with E-state index in [2.05, 4.69) is 48.5 Å². The first kappa shape index (κ1) is 18.5. The van der Waals surface area contributed by atoms with Crippen molar-refractivity contribution in [2.45, 2.75) is 0 Å². The van der Waals surface area contributed by atoms with E-state index in [1.165, 1.54) is 28.5 Å². The molecular weight excluding hydrogens is 394 g/mol. The monoisotopic (exact) mass is 413 g/mol. The van der Waals surface area contributed by atoms with E-state index in [4.69, 9.17) is 0 Å². The molecule has 5 aromatic carbocycles. The van der Waals surface area contributed by atoms with E-state index in [1.807, 2.05) is 42.5 Å². The van der Waals surface area contributed by atoms with Gasteiger partial charge in [0.25, 0.3) is 11.8 Å². The van der Waals surface area contributed by atoms with Gasteiger partial charge in [-0.2, -0.15) is 0 Å². The van der Waals surface area contributed by atoms with E-state index >= 15 is 0 Å². The van der Waals surface area contributed by atoms with E-state index in [1.54, 1.807) is 6.07 Å². The highest BCUT2D eigenvalue weighted by atomic mass is 16.2. The number of carbonyl (C=O) groups excluding carboxylic acids is 2. The Morgan fingerprint density at radius 3 is 1.91 bits per heavy atom. The van der Waals surface area contributed by atoms with Crippen LogP contribution in [-0.2, 0) is 0 Å². The molecule has 152 valence electrons. The first-order valence-corrected chi connectivity index (χ1v) is 10.6. The Kier molecular flexibility index (Phi) is 3.99. The summed E-state index contributed by atoms with van der Waals surface area (Å²) in [7, 11) is 1.54. The van der Waals surface area contributed by atoms with Crippen molar-refractivity contribution in [2.75, 3.05) is 7.05 Å². The maximum atomic E-state index is 12.7. The van der Waals surface area contributed by atoms with E-state index in [-0.39, 0.29) is 11.8 Å². The number of nitrogens with zero attached hydrogens (tertiary/aromatic N) is 1. The van der Waals surface area contributed by atoms with Crippen molar-refractivity contribution >= 4 is 33.4 Å². The second-order valence-electron chi connectivity index (χ2n) is 8.20. The zero-order valence-electron chi connectivity index (χ0n) is 17.5. The van der Waals surface area contributed by atoms with Gasteiger partial charge in [-0.25, -0.2) is 0 Å². The van der Waals surface area contributed by atoms with Gasteiger partial charge in [-0.1, -0.05) is 72.8 Å². The highest BCUT2D eigenvalue weighted by Gasteiger charge is 2.30. The second-order valence-corrected chi connectivity index (χ2v) is 8.20. The van der Waals surface area contributed by atoms with Crippen molar-refractivity contribution in [2.24, 2.45) is 0 Å². The van der Waals surface area contributed by atoms with Crippen LogP contribution in [0.4, 0.5) is 0 Å². The van der Waals surface area contributed by atoms with Crippen LogP contribution in [0.5, 0.6) is 0 Å². The number of hydrogen-bond acceptors (Lipinski definition) is 2. The molecule has 1 heterocycles. The standard InChI is InChI=1S/C29H19NO2/c1-30-28(31)25-9-5-8-24-23(14-15-26(27(24)25)29(30)32)22-13-12-20-16-19(10-11-21(20)17-22)18-6-3-2-4-7-18/h2-17H,1H3. The normalized spacial score (nSPS) is 13.2. The molecule has 0 saturated carbocycles. The molecule has 0 spiro atoms. The van der Waals surface area contributed by atoms with Gasteiger partial charge in [-0.15, -0.1) is 0 Å². The van der Waals surface area contributed by atoms with Crippen LogP contribution in [0.25, 0.3) is 43.8 Å². The van der Waals surface area contributed by atoms with E-state index in [0.717, 1.165) is 27.3 Å². The number of imide groups is 1. The lowest BCUT2D eigenvalue weighted by molar-refractivity contribution is 0.0650. The Bertz CT molecular complexity index is 1550. The quantitative estimate of drug-likeness (QED) is 0.308. The van der Waals surface area contributed by atoms with Crippen LogP contribution >= 0.6 is 0 Å². The number of rotatable bonds is 2. The van der Waals surface area contributed by atoms with Crippen LogP contribution in [0, 0.1) is 0 Å². The van der Waals surface area contributed by atoms with Gasteiger partial charge in [-0.05, 0) is 62.7 Å². The Labute approximate surface area is 185 Å². The fourth-order valence-electron chi connectivity index (χ4n) is 4.69. The smallest absolute Gasteiger partial charge is 0.261 e. The molecule has 1 aliphatic rings. The number of benzene rings is 5. The lowest BCUT2D eigenvalue weighted by Crippen LogP contribution is -2.36. The van der Waals surface area contributed by atoms with Crippen LogP contribution in [0.1, 0.15) is 20.7 Å². The summed E-state index contributed by atoms with van der Waals surface area (Å²) in [5.74, 6) is -0.505. The lowest BCUT2D eigenvalue weighted by Gasteiger charge is -2.24. The van der Waals surface area contributed by atoms with Gasteiger partial charge in [0, 0.05) is 23.6 Å². The molecule has 1 aliphatic heterocycles. The maximum Gasteiger partial charge on any atom is 0.261 e. The first-order valence-electron chi connectivity index (χ1n) is 10.6. The molecule has 0 aliphatic carbocycles. The van der Waals surface area contributed by atoms with Crippen molar-refractivity contribution in [3.63, 3.8) is 0 Å². The summed E-state index contributed by atoms with van der Waals surface area (Å²) in [5.41, 5.74) is 5.62. The molecule has 0 bridgehead atoms. The molecule has 0 unspecified atom stereocenters. The van der Waals surface area contributed by atoms with Gasteiger partial charge in [0.1, 0.15) is 0 Å². The molecule has 5 aromatic rings. The van der Waals surface area contributed by atoms with Crippen LogP contribution in [-0.4, -0.2) is 23.8 Å². The van der Waals surface area contributed by atoms with Gasteiger partial charge in [0.2, 0.25) is 0 Å². The number of amides is 2. The Morgan fingerprint density at radius 1 is 0.531 bits per heavy atom. The topological polar surface area (TPSA) is 37.4 Å². The minimum atomic E-state index is -0.253. The molecule has 3 heteroatoms. The van der Waals surface area contributed by atoms with Gasteiger partial charge in [0.15, 0.2) is 0 Å². The zero-order chi connectivity index (χ0) is 21.8. The van der Waals surface area contributed by atoms with Gasteiger partial charge < -0.3 is 0 Å². The summed E-state index contributed by atoms with van der Waals surface area (Å²) in [6.45, 7) is 0. The minimum absolute atomic E-state index is 0.253. The molecule has 0 N–H and O–H groups in total. The molecule has 6 rings (SSSR count). The maximum absolute atomic E-state index is 12.7. The molecule has 0 fully saturated rings. The summed E-state index contributed by atoms with van der Waals surface area (Å²) in [4.78, 5) is 26.6. The predicted molar refractivity (Wildman–Crippen MR) is 129 cm³/mol. The van der Waals surface area contributed by atoms with E-state index in [9.17, 15) is 9.59 Å². The van der Waals surface area contributed by atoms with Gasteiger partial charge >= 0.3 is 0 Å². The SMILES string of the molecule is CN1C(=O)c2cccc3c(-c4ccc5cc(-c6ccccc6)ccc5c4)ccc(c23)C1=O. The largest absolute Gasteiger partial charge is 0.277 e. The molecule has 2 amide bonds. The third-order valence-electron chi connectivity index (χ3n) is 6.37. The molecule has 0 saturated heterocycles. The van der Waals surface area contributed by atoms with Crippen LogP contribution < -0.4 is 0 Å². The van der Waals surface area contributed by atoms with Crippen molar-refractivity contribution in [1.82, 2.24) is 4.90 Å². The van der Waals surface area contributed by atoms with Gasteiger partial charge in [-0.3, -0.25) is 14.5 Å². The third-order valence-corrected chi connectivity index (χ3v) is 6.37. The van der Waals surface area contributed by atoms with Crippen LogP contribution in [0.2, 0.25) is 0 Å². The van der Waals surface area contributed by atoms with Crippen LogP contribution in [0.15, 0.2) is 97.1 Å². The van der Waals surface area contributed by atoms with Gasteiger partial charge in [0.05, 0.1) is 0 Å². The summed E-state index contributed by atoms with van der Waals surface area (Å²) >= 11 is 0. The number of hydrogen-bond donors (Lipinski definition) is 0. The summed E-state index contributed by atoms with van der Waals surface area (Å²) in [5, 5.41) is 3.99. The van der Waals surface area contributed by atoms with Crippen molar-refractivity contribution < 1.29 is 9.59 Å². The van der Waals surface area contributed by atoms with Crippen molar-refractivity contribution in [1.29, 1.82) is 0 Å². The summed E-state index contributed by atoms with van der Waals surface area (Å²) in [6.07, 6.45) is 0. The number of fused-ring (bicyclic) bond motifs is 1. The zero-order valence-corrected chi connectivity index (χ0v) is 17.5. The molecule has 0 aromatic heterocycles. The third kappa shape index (κ3) is 2.68. The first-order chi connectivity index (χ1) is 15.6. The fourth-order valence-corrected chi connectivity index (χ4v) is 4.69. The van der Waals surface area contributed by atoms with Crippen LogP contribution in [0.3, 0.4) is 0 Å². The second kappa shape index (κ2) is 6.89. The Balaban J connectivity index is 1.52. The average Bonchev–Trinajstić information content (AvgIpc) is 2.85. The van der Waals surface area contributed by atoms with Crippen molar-refractivity contribution in [3.05, 3.63) is 108 Å². The van der Waals surface area contributed by atoms with E-state index in [0.29, 0.717) is 11.1 Å².